The van der Waals surface area contributed by atoms with Gasteiger partial charge in [-0.25, -0.2) is 0 Å². The first-order valence-electron chi connectivity index (χ1n) is 10.2. The lowest BCUT2D eigenvalue weighted by atomic mass is 10.0. The lowest BCUT2D eigenvalue weighted by Gasteiger charge is -2.29. The summed E-state index contributed by atoms with van der Waals surface area (Å²) in [6.07, 6.45) is 3.90. The van der Waals surface area contributed by atoms with Gasteiger partial charge in [0.1, 0.15) is 11.8 Å². The van der Waals surface area contributed by atoms with Crippen LogP contribution in [-0.2, 0) is 0 Å². The largest absolute Gasteiger partial charge is 0.497 e. The third kappa shape index (κ3) is 3.78. The van der Waals surface area contributed by atoms with E-state index in [4.69, 9.17) is 17.0 Å². The van der Waals surface area contributed by atoms with E-state index in [1.54, 1.807) is 7.11 Å². The fourth-order valence-corrected chi connectivity index (χ4v) is 4.91. The number of benzene rings is 2. The minimum atomic E-state index is -0.105. The number of halogens is 1. The second-order valence-corrected chi connectivity index (χ2v) is 8.78. The average Bonchev–Trinajstić information content (AvgIpc) is 3.44. The third-order valence-electron chi connectivity index (χ3n) is 5.62. The zero-order valence-corrected chi connectivity index (χ0v) is 19.8. The summed E-state index contributed by atoms with van der Waals surface area (Å²) in [7, 11) is 1.67. The zero-order chi connectivity index (χ0) is 22.1. The number of aromatic nitrogens is 2. The highest BCUT2D eigenvalue weighted by molar-refractivity contribution is 9.10. The van der Waals surface area contributed by atoms with Crippen LogP contribution in [-0.4, -0.2) is 21.8 Å². The quantitative estimate of drug-likeness (QED) is 0.346. The van der Waals surface area contributed by atoms with Crippen molar-refractivity contribution in [2.75, 3.05) is 12.0 Å². The monoisotopic (exact) mass is 504 g/mol. The molecule has 1 N–H and O–H groups in total. The number of methoxy groups -OCH3 is 1. The van der Waals surface area contributed by atoms with E-state index in [1.165, 1.54) is 0 Å². The predicted molar refractivity (Wildman–Crippen MR) is 134 cm³/mol. The first-order valence-corrected chi connectivity index (χ1v) is 11.4. The molecular weight excluding hydrogens is 484 g/mol. The van der Waals surface area contributed by atoms with E-state index in [-0.39, 0.29) is 12.1 Å². The molecule has 0 amide bonds. The number of ether oxygens (including phenoxy) is 1. The van der Waals surface area contributed by atoms with Crippen LogP contribution in [0.5, 0.6) is 5.75 Å². The van der Waals surface area contributed by atoms with Gasteiger partial charge in [-0.1, -0.05) is 28.1 Å². The van der Waals surface area contributed by atoms with Gasteiger partial charge in [-0.2, -0.15) is 0 Å². The summed E-state index contributed by atoms with van der Waals surface area (Å²) in [6, 6.07) is 26.2. The fourth-order valence-electron chi connectivity index (χ4n) is 4.17. The summed E-state index contributed by atoms with van der Waals surface area (Å²) in [6.45, 7) is 0. The van der Waals surface area contributed by atoms with Gasteiger partial charge in [0.25, 0.3) is 0 Å². The summed E-state index contributed by atoms with van der Waals surface area (Å²) < 4.78 is 8.59. The Morgan fingerprint density at radius 3 is 2.53 bits per heavy atom. The van der Waals surface area contributed by atoms with Gasteiger partial charge >= 0.3 is 0 Å². The molecule has 0 bridgehead atoms. The smallest absolute Gasteiger partial charge is 0.174 e. The molecule has 0 saturated carbocycles. The Kier molecular flexibility index (Phi) is 5.68. The van der Waals surface area contributed by atoms with E-state index < -0.39 is 0 Å². The van der Waals surface area contributed by atoms with Crippen molar-refractivity contribution in [1.29, 1.82) is 0 Å². The van der Waals surface area contributed by atoms with Crippen molar-refractivity contribution in [2.45, 2.75) is 12.1 Å². The molecule has 5 nitrogen and oxygen atoms in total. The molecule has 2 aromatic carbocycles. The van der Waals surface area contributed by atoms with Crippen molar-refractivity contribution in [3.8, 4) is 11.4 Å². The Bertz CT molecular complexity index is 1240. The maximum atomic E-state index is 5.83. The molecule has 7 heteroatoms. The van der Waals surface area contributed by atoms with Gasteiger partial charge in [-0.15, -0.1) is 0 Å². The van der Waals surface area contributed by atoms with E-state index in [1.807, 2.05) is 60.8 Å². The number of hydrogen-bond acceptors (Lipinski definition) is 3. The van der Waals surface area contributed by atoms with Crippen molar-refractivity contribution in [1.82, 2.24) is 14.9 Å². The highest BCUT2D eigenvalue weighted by Gasteiger charge is 2.42. The first-order chi connectivity index (χ1) is 15.7. The Morgan fingerprint density at radius 2 is 1.81 bits per heavy atom. The van der Waals surface area contributed by atoms with Crippen LogP contribution >= 0.6 is 28.1 Å². The van der Waals surface area contributed by atoms with Crippen molar-refractivity contribution in [3.63, 3.8) is 0 Å². The lowest BCUT2D eigenvalue weighted by Crippen LogP contribution is -2.30. The van der Waals surface area contributed by atoms with Crippen molar-refractivity contribution < 1.29 is 4.74 Å². The highest BCUT2D eigenvalue weighted by atomic mass is 79.9. The predicted octanol–water partition coefficient (Wildman–Crippen LogP) is 5.82. The highest BCUT2D eigenvalue weighted by Crippen LogP contribution is 2.42. The van der Waals surface area contributed by atoms with Crippen LogP contribution in [0.2, 0.25) is 0 Å². The molecule has 2 aromatic heterocycles. The summed E-state index contributed by atoms with van der Waals surface area (Å²) >= 11 is 9.43. The minimum Gasteiger partial charge on any atom is -0.497 e. The van der Waals surface area contributed by atoms with Gasteiger partial charge < -0.3 is 19.5 Å². The van der Waals surface area contributed by atoms with Gasteiger partial charge in [0.05, 0.1) is 18.8 Å². The molecule has 0 aliphatic carbocycles. The number of nitrogens with one attached hydrogen (secondary N) is 1. The van der Waals surface area contributed by atoms with Gasteiger partial charge in [-0.05, 0) is 78.9 Å². The molecule has 32 heavy (non-hydrogen) atoms. The summed E-state index contributed by atoms with van der Waals surface area (Å²) in [5.41, 5.74) is 4.13. The van der Waals surface area contributed by atoms with E-state index in [2.05, 4.69) is 66.2 Å². The maximum Gasteiger partial charge on any atom is 0.174 e. The topological polar surface area (TPSA) is 42.3 Å². The SMILES string of the molecule is COc1ccc(N2C(=S)N[C@H](c3ccccn3)[C@@H]2c2cccn2-c2cccc(Br)c2)cc1. The summed E-state index contributed by atoms with van der Waals surface area (Å²) in [5, 5.41) is 4.18. The van der Waals surface area contributed by atoms with Crippen LogP contribution in [0.25, 0.3) is 5.69 Å². The molecule has 1 aliphatic rings. The lowest BCUT2D eigenvalue weighted by molar-refractivity contribution is 0.415. The Balaban J connectivity index is 1.65. The Hall–Kier alpha value is -3.16. The maximum absolute atomic E-state index is 5.83. The van der Waals surface area contributed by atoms with Crippen LogP contribution in [0.3, 0.4) is 0 Å². The zero-order valence-electron chi connectivity index (χ0n) is 17.4. The number of rotatable bonds is 5. The molecule has 1 saturated heterocycles. The number of thiocarbonyl (C=S) groups is 1. The number of pyridine rings is 1. The van der Waals surface area contributed by atoms with Crippen LogP contribution in [0, 0.1) is 0 Å². The van der Waals surface area contributed by atoms with Crippen LogP contribution in [0.15, 0.2) is 95.7 Å². The van der Waals surface area contributed by atoms with Crippen molar-refractivity contribution in [3.05, 3.63) is 107 Å². The molecule has 0 spiro atoms. The van der Waals surface area contributed by atoms with Gasteiger partial charge in [0.15, 0.2) is 5.11 Å². The standard InChI is InChI=1S/C25H21BrN4OS/c1-31-20-12-10-18(11-13-20)30-24(23(28-25(30)32)21-8-2-3-14-27-21)22-9-5-15-29(22)19-7-4-6-17(26)16-19/h2-16,23-24H,1H3,(H,28,32)/t23-,24+/m1/s1. The van der Waals surface area contributed by atoms with Gasteiger partial charge in [-0.3, -0.25) is 4.98 Å². The van der Waals surface area contributed by atoms with E-state index >= 15 is 0 Å². The van der Waals surface area contributed by atoms with Crippen LogP contribution in [0.1, 0.15) is 23.5 Å². The molecule has 5 rings (SSSR count). The normalized spacial score (nSPS) is 17.9. The average molecular weight is 505 g/mol. The molecule has 3 heterocycles. The Morgan fingerprint density at radius 1 is 0.969 bits per heavy atom. The number of anilines is 1. The summed E-state index contributed by atoms with van der Waals surface area (Å²) in [5.74, 6) is 0.808. The second kappa shape index (κ2) is 8.76. The molecule has 160 valence electrons. The van der Waals surface area contributed by atoms with Crippen molar-refractivity contribution >= 4 is 38.9 Å². The second-order valence-electron chi connectivity index (χ2n) is 7.48. The minimum absolute atomic E-state index is 0.0974. The molecule has 1 fully saturated rings. The fraction of sp³-hybridized carbons (Fsp3) is 0.120. The Labute approximate surface area is 200 Å². The first kappa shape index (κ1) is 20.7. The molecular formula is C25H21BrN4OS. The van der Waals surface area contributed by atoms with Crippen LogP contribution in [0.4, 0.5) is 5.69 Å². The molecule has 2 atom stereocenters. The molecule has 0 unspecified atom stereocenters. The summed E-state index contributed by atoms with van der Waals surface area (Å²) in [4.78, 5) is 6.81. The molecule has 4 aromatic rings. The number of nitrogens with zero attached hydrogens (tertiary/aromatic N) is 3. The molecule has 0 radical (unpaired) electrons. The van der Waals surface area contributed by atoms with Crippen molar-refractivity contribution in [2.24, 2.45) is 0 Å². The van der Waals surface area contributed by atoms with E-state index in [0.29, 0.717) is 5.11 Å². The van der Waals surface area contributed by atoms with Gasteiger partial charge in [0.2, 0.25) is 0 Å². The third-order valence-corrected chi connectivity index (χ3v) is 6.43. The van der Waals surface area contributed by atoms with E-state index in [0.717, 1.165) is 33.0 Å². The molecule has 1 aliphatic heterocycles. The van der Waals surface area contributed by atoms with E-state index in [9.17, 15) is 0 Å². The van der Waals surface area contributed by atoms with Crippen LogP contribution < -0.4 is 15.0 Å². The van der Waals surface area contributed by atoms with Gasteiger partial charge in [0, 0.05) is 33.9 Å². The number of hydrogen-bond donors (Lipinski definition) is 1.